The van der Waals surface area contributed by atoms with Crippen LogP contribution in [0.5, 0.6) is 11.5 Å². The minimum Gasteiger partial charge on any atom is -0.490 e. The number of aliphatic imine (C=N–C) groups is 1. The lowest BCUT2D eigenvalue weighted by Crippen LogP contribution is -2.45. The van der Waals surface area contributed by atoms with E-state index in [0.29, 0.717) is 35.3 Å². The number of carbonyl (C=O) groups is 1. The number of carbonyl (C=O) groups excluding carboxylic acids is 1. The van der Waals surface area contributed by atoms with Crippen LogP contribution < -0.4 is 9.47 Å². The van der Waals surface area contributed by atoms with Gasteiger partial charge in [0.1, 0.15) is 30.5 Å². The van der Waals surface area contributed by atoms with Gasteiger partial charge in [0.15, 0.2) is 0 Å². The highest BCUT2D eigenvalue weighted by molar-refractivity contribution is 8.16. The van der Waals surface area contributed by atoms with Crippen molar-refractivity contribution in [1.82, 2.24) is 4.90 Å². The number of para-hydroxylation sites is 1. The minimum absolute atomic E-state index is 0.0422. The second-order valence-corrected chi connectivity index (χ2v) is 9.92. The number of amides is 1. The smallest absolute Gasteiger partial charge is 0.283 e. The van der Waals surface area contributed by atoms with Crippen molar-refractivity contribution in [3.63, 3.8) is 0 Å². The van der Waals surface area contributed by atoms with Crippen molar-refractivity contribution in [3.8, 4) is 11.5 Å². The first-order valence-corrected chi connectivity index (χ1v) is 12.6. The van der Waals surface area contributed by atoms with Crippen molar-refractivity contribution in [2.24, 2.45) is 9.39 Å². The fraction of sp³-hybridized carbons (Fsp3) is 0.143. The van der Waals surface area contributed by atoms with Crippen molar-refractivity contribution in [1.29, 1.82) is 5.41 Å². The molecule has 0 spiro atoms. The largest absolute Gasteiger partial charge is 0.490 e. The van der Waals surface area contributed by atoms with Crippen LogP contribution in [-0.4, -0.2) is 54.9 Å². The number of hydrogen-bond donors (Lipinski definition) is 1. The Morgan fingerprint density at radius 1 is 1.12 bits per heavy atom. The number of hydrogen-bond acceptors (Lipinski definition) is 8. The van der Waals surface area contributed by atoms with E-state index in [1.54, 1.807) is 36.4 Å². The number of nitrogens with one attached hydrogen (secondary N) is 1. The highest BCUT2D eigenvalue weighted by Gasteiger charge is 2.41. The van der Waals surface area contributed by atoms with E-state index in [-0.39, 0.29) is 21.7 Å². The first-order valence-electron chi connectivity index (χ1n) is 9.53. The average molecular weight is 505 g/mol. The molecule has 9 nitrogen and oxygen atoms in total. The molecule has 0 fully saturated rings. The summed E-state index contributed by atoms with van der Waals surface area (Å²) in [6.45, 7) is 0.603. The summed E-state index contributed by atoms with van der Waals surface area (Å²) in [7, 11) is -3.70. The molecular weight excluding hydrogens is 488 g/mol. The van der Waals surface area contributed by atoms with Crippen LogP contribution in [0.15, 0.2) is 63.5 Å². The lowest BCUT2D eigenvalue weighted by molar-refractivity contribution is -0.114. The van der Waals surface area contributed by atoms with E-state index in [9.17, 15) is 13.2 Å². The molecule has 4 rings (SSSR count). The summed E-state index contributed by atoms with van der Waals surface area (Å²) >= 11 is 6.79. The lowest BCUT2D eigenvalue weighted by atomic mass is 10.1. The number of amidine groups is 3. The third kappa shape index (κ3) is 5.10. The maximum Gasteiger partial charge on any atom is 0.283 e. The molecule has 0 radical (unpaired) electrons. The van der Waals surface area contributed by atoms with Gasteiger partial charge < -0.3 is 9.47 Å². The van der Waals surface area contributed by atoms with E-state index in [1.807, 2.05) is 12.1 Å². The molecule has 2 aromatic carbocycles. The fourth-order valence-corrected chi connectivity index (χ4v) is 4.97. The van der Waals surface area contributed by atoms with Crippen LogP contribution >= 0.6 is 23.5 Å². The molecule has 0 unspecified atom stereocenters. The first-order chi connectivity index (χ1) is 15.7. The molecule has 0 saturated heterocycles. The number of halogens is 1. The third-order valence-electron chi connectivity index (χ3n) is 4.46. The zero-order valence-corrected chi connectivity index (χ0v) is 19.6. The fourth-order valence-electron chi connectivity index (χ4n) is 2.94. The predicted molar refractivity (Wildman–Crippen MR) is 129 cm³/mol. The summed E-state index contributed by atoms with van der Waals surface area (Å²) in [5.41, 5.74) is 0.575. The van der Waals surface area contributed by atoms with Gasteiger partial charge in [-0.3, -0.25) is 10.2 Å². The van der Waals surface area contributed by atoms with Gasteiger partial charge in [-0.1, -0.05) is 35.9 Å². The molecule has 1 amide bonds. The van der Waals surface area contributed by atoms with E-state index in [4.69, 9.17) is 26.5 Å². The maximum absolute atomic E-state index is 12.4. The third-order valence-corrected chi connectivity index (χ3v) is 6.53. The molecule has 170 valence electrons. The second-order valence-electron chi connectivity index (χ2n) is 6.88. The van der Waals surface area contributed by atoms with E-state index in [0.717, 1.165) is 23.1 Å². The molecule has 12 heteroatoms. The normalized spacial score (nSPS) is 17.0. The second kappa shape index (κ2) is 9.38. The molecule has 2 aromatic rings. The van der Waals surface area contributed by atoms with Gasteiger partial charge in [-0.05, 0) is 35.9 Å². The van der Waals surface area contributed by atoms with Gasteiger partial charge in [-0.15, -0.1) is 0 Å². The number of sulfone groups is 1. The van der Waals surface area contributed by atoms with E-state index in [1.165, 1.54) is 6.08 Å². The Morgan fingerprint density at radius 2 is 1.82 bits per heavy atom. The molecule has 0 aliphatic carbocycles. The predicted octanol–water partition coefficient (Wildman–Crippen LogP) is 3.42. The van der Waals surface area contributed by atoms with Crippen LogP contribution in [0, 0.1) is 5.41 Å². The average Bonchev–Trinajstić information content (AvgIpc) is 3.21. The van der Waals surface area contributed by atoms with Crippen molar-refractivity contribution in [2.75, 3.05) is 19.5 Å². The molecule has 33 heavy (non-hydrogen) atoms. The standard InChI is InChI=1S/C21H17ClN4O5S2/c1-33(28,29)21-25-32-20-24-19(27)15(18(23)26(20)21)12-13-6-8-14(9-7-13)30-10-11-31-17-5-3-2-4-16(17)22/h2-9,12,23H,10-11H2,1H3/b15-12-,23-18?. The summed E-state index contributed by atoms with van der Waals surface area (Å²) in [5, 5.41) is 8.60. The molecule has 0 atom stereocenters. The van der Waals surface area contributed by atoms with Crippen LogP contribution in [0.4, 0.5) is 0 Å². The Balaban J connectivity index is 1.41. The van der Waals surface area contributed by atoms with Crippen molar-refractivity contribution in [2.45, 2.75) is 0 Å². The Hall–Kier alpha value is -3.15. The molecule has 1 N–H and O–H groups in total. The molecule has 2 heterocycles. The van der Waals surface area contributed by atoms with Crippen molar-refractivity contribution >= 4 is 61.5 Å². The van der Waals surface area contributed by atoms with Crippen molar-refractivity contribution < 1.29 is 22.7 Å². The van der Waals surface area contributed by atoms with Crippen LogP contribution in [0.1, 0.15) is 5.56 Å². The van der Waals surface area contributed by atoms with Crippen LogP contribution in [0.2, 0.25) is 5.02 Å². The molecule has 0 saturated carbocycles. The number of fused-ring (bicyclic) bond motifs is 1. The zero-order chi connectivity index (χ0) is 23.6. The number of ether oxygens (including phenoxy) is 2. The number of nitrogens with zero attached hydrogens (tertiary/aromatic N) is 3. The maximum atomic E-state index is 12.4. The Kier molecular flexibility index (Phi) is 6.54. The summed E-state index contributed by atoms with van der Waals surface area (Å²) in [6.07, 6.45) is 2.46. The number of benzene rings is 2. The molecule has 2 aliphatic heterocycles. The molecular formula is C21H17ClN4O5S2. The topological polar surface area (TPSA) is 121 Å². The Bertz CT molecular complexity index is 1320. The number of rotatable bonds is 6. The Labute approximate surface area is 199 Å². The van der Waals surface area contributed by atoms with Gasteiger partial charge in [0.05, 0.1) is 22.5 Å². The van der Waals surface area contributed by atoms with Gasteiger partial charge in [0.2, 0.25) is 20.2 Å². The monoisotopic (exact) mass is 504 g/mol. The van der Waals surface area contributed by atoms with E-state index in [2.05, 4.69) is 9.39 Å². The Morgan fingerprint density at radius 3 is 2.52 bits per heavy atom. The van der Waals surface area contributed by atoms with Crippen molar-refractivity contribution in [3.05, 3.63) is 64.7 Å². The molecule has 0 bridgehead atoms. The highest BCUT2D eigenvalue weighted by atomic mass is 35.5. The molecule has 2 aliphatic rings. The van der Waals surface area contributed by atoms with E-state index < -0.39 is 15.7 Å². The van der Waals surface area contributed by atoms with Gasteiger partial charge in [-0.25, -0.2) is 13.3 Å². The van der Waals surface area contributed by atoms with Crippen LogP contribution in [0.3, 0.4) is 0 Å². The summed E-state index contributed by atoms with van der Waals surface area (Å²) < 4.78 is 39.0. The van der Waals surface area contributed by atoms with Crippen LogP contribution in [-0.2, 0) is 14.6 Å². The first kappa shape index (κ1) is 23.0. The lowest BCUT2D eigenvalue weighted by Gasteiger charge is -2.23. The summed E-state index contributed by atoms with van der Waals surface area (Å²) in [5.74, 6) is 0.236. The molecule has 0 aromatic heterocycles. The summed E-state index contributed by atoms with van der Waals surface area (Å²) in [6, 6.07) is 14.0. The van der Waals surface area contributed by atoms with Gasteiger partial charge in [-0.2, -0.15) is 9.39 Å². The van der Waals surface area contributed by atoms with Gasteiger partial charge in [0.25, 0.3) is 5.91 Å². The van der Waals surface area contributed by atoms with Gasteiger partial charge >= 0.3 is 0 Å². The summed E-state index contributed by atoms with van der Waals surface area (Å²) in [4.78, 5) is 17.3. The van der Waals surface area contributed by atoms with Gasteiger partial charge in [0, 0.05) is 6.26 Å². The minimum atomic E-state index is -3.70. The quantitative estimate of drug-likeness (QED) is 0.363. The highest BCUT2D eigenvalue weighted by Crippen LogP contribution is 2.30. The van der Waals surface area contributed by atoms with Crippen LogP contribution in [0.25, 0.3) is 6.08 Å². The van der Waals surface area contributed by atoms with E-state index >= 15 is 0 Å². The zero-order valence-electron chi connectivity index (χ0n) is 17.2. The SMILES string of the molecule is CS(=O)(=O)C1=NSC2=NC(=O)/C(=C\c3ccc(OCCOc4ccccc4Cl)cc3)C(=N)N21.